The first-order chi connectivity index (χ1) is 31.9. The molecule has 4 heterocycles. The molecule has 6 aromatic carbocycles. The molecule has 6 heteroatoms. The molecule has 65 heavy (non-hydrogen) atoms. The second-order valence-corrected chi connectivity index (χ2v) is 16.9. The minimum absolute atomic E-state index is 0.307. The van der Waals surface area contributed by atoms with Crippen molar-refractivity contribution < 1.29 is 0 Å². The summed E-state index contributed by atoms with van der Waals surface area (Å²) in [4.78, 5) is 24.5. The summed E-state index contributed by atoms with van der Waals surface area (Å²) in [6.07, 6.45) is 7.26. The van der Waals surface area contributed by atoms with E-state index < -0.39 is 0 Å². The largest absolute Gasteiger partial charge is 0.264 e. The summed E-state index contributed by atoms with van der Waals surface area (Å²) in [5.41, 5.74) is 19.5. The van der Waals surface area contributed by atoms with Crippen LogP contribution < -0.4 is 0 Å². The van der Waals surface area contributed by atoms with Crippen LogP contribution in [0, 0.1) is 11.3 Å². The summed E-state index contributed by atoms with van der Waals surface area (Å²) in [5, 5.41) is 9.80. The Kier molecular flexibility index (Phi) is 9.79. The minimum atomic E-state index is -0.307. The highest BCUT2D eigenvalue weighted by atomic mass is 14.9. The fourth-order valence-electron chi connectivity index (χ4n) is 9.04. The zero-order valence-electron chi connectivity index (χ0n) is 35.8. The Hall–Kier alpha value is -8.66. The van der Waals surface area contributed by atoms with Crippen molar-refractivity contribution in [2.45, 2.75) is 19.3 Å². The van der Waals surface area contributed by atoms with Crippen LogP contribution in [0.25, 0.3) is 101 Å². The van der Waals surface area contributed by atoms with Gasteiger partial charge in [0.15, 0.2) is 5.82 Å². The number of aromatic nitrogens is 5. The first-order valence-electron chi connectivity index (χ1n) is 21.7. The molecule has 6 nitrogen and oxygen atoms in total. The van der Waals surface area contributed by atoms with Crippen LogP contribution in [0.2, 0.25) is 0 Å². The van der Waals surface area contributed by atoms with E-state index in [1.165, 1.54) is 22.3 Å². The molecule has 0 radical (unpaired) electrons. The lowest BCUT2D eigenvalue weighted by molar-refractivity contribution is 0.660. The third-order valence-corrected chi connectivity index (χ3v) is 12.5. The normalized spacial score (nSPS) is 12.3. The summed E-state index contributed by atoms with van der Waals surface area (Å²) < 4.78 is 0. The molecular formula is C59H40N6. The van der Waals surface area contributed by atoms with Gasteiger partial charge in [-0.1, -0.05) is 117 Å². The SMILES string of the molecule is CC1(C)c2cc(C#N)ccc2-c2ccc(-c3cc(-c4cc(-c5cccnc5)nc(-c5cccnc5)c4)cc(-c4cc(-c5ccc(-c6ccccc6)cc5)nc(-c5ccccc5)n4)c3)cc21. The summed E-state index contributed by atoms with van der Waals surface area (Å²) in [6, 6.07) is 65.5. The van der Waals surface area contributed by atoms with Crippen LogP contribution in [0.15, 0.2) is 207 Å². The van der Waals surface area contributed by atoms with E-state index in [2.05, 4.69) is 151 Å². The molecule has 0 unspecified atom stereocenters. The van der Waals surface area contributed by atoms with Crippen molar-refractivity contribution in [1.29, 1.82) is 5.26 Å². The van der Waals surface area contributed by atoms with Gasteiger partial charge in [-0.25, -0.2) is 15.0 Å². The zero-order chi connectivity index (χ0) is 43.9. The topological polar surface area (TPSA) is 88.2 Å². The number of hydrogen-bond donors (Lipinski definition) is 0. The molecule has 1 aliphatic rings. The Balaban J connectivity index is 1.12. The van der Waals surface area contributed by atoms with Gasteiger partial charge in [-0.05, 0) is 134 Å². The third-order valence-electron chi connectivity index (χ3n) is 12.5. The van der Waals surface area contributed by atoms with Crippen molar-refractivity contribution in [2.24, 2.45) is 0 Å². The number of hydrogen-bond acceptors (Lipinski definition) is 6. The van der Waals surface area contributed by atoms with E-state index in [1.807, 2.05) is 73.1 Å². The van der Waals surface area contributed by atoms with Crippen molar-refractivity contribution in [3.05, 3.63) is 223 Å². The Bertz CT molecular complexity index is 3380. The van der Waals surface area contributed by atoms with Crippen LogP contribution in [0.5, 0.6) is 0 Å². The highest BCUT2D eigenvalue weighted by molar-refractivity contribution is 5.88. The molecule has 1 aliphatic carbocycles. The maximum Gasteiger partial charge on any atom is 0.160 e. The molecule has 306 valence electrons. The van der Waals surface area contributed by atoms with Gasteiger partial charge in [0.25, 0.3) is 0 Å². The highest BCUT2D eigenvalue weighted by Gasteiger charge is 2.36. The van der Waals surface area contributed by atoms with Gasteiger partial charge in [-0.2, -0.15) is 5.26 Å². The number of benzene rings is 6. The molecular weight excluding hydrogens is 793 g/mol. The first kappa shape index (κ1) is 39.2. The molecule has 0 atom stereocenters. The molecule has 0 N–H and O–H groups in total. The summed E-state index contributed by atoms with van der Waals surface area (Å²) in [7, 11) is 0. The molecule has 0 saturated carbocycles. The molecule has 0 spiro atoms. The van der Waals surface area contributed by atoms with Crippen LogP contribution in [-0.2, 0) is 5.41 Å². The van der Waals surface area contributed by atoms with Crippen molar-refractivity contribution in [3.63, 3.8) is 0 Å². The van der Waals surface area contributed by atoms with Gasteiger partial charge < -0.3 is 0 Å². The lowest BCUT2D eigenvalue weighted by Crippen LogP contribution is -2.15. The lowest BCUT2D eigenvalue weighted by Gasteiger charge is -2.22. The van der Waals surface area contributed by atoms with Gasteiger partial charge in [0, 0.05) is 58.0 Å². The Labute approximate surface area is 378 Å². The van der Waals surface area contributed by atoms with E-state index in [0.717, 1.165) is 84.0 Å². The Morgan fingerprint density at radius 2 is 0.846 bits per heavy atom. The zero-order valence-corrected chi connectivity index (χ0v) is 35.8. The number of nitrogens with zero attached hydrogens (tertiary/aromatic N) is 6. The molecule has 10 aromatic rings. The maximum absolute atomic E-state index is 9.80. The van der Waals surface area contributed by atoms with Crippen LogP contribution >= 0.6 is 0 Å². The monoisotopic (exact) mass is 832 g/mol. The van der Waals surface area contributed by atoms with Gasteiger partial charge in [0.05, 0.1) is 34.4 Å². The van der Waals surface area contributed by atoms with Crippen molar-refractivity contribution in [2.75, 3.05) is 0 Å². The van der Waals surface area contributed by atoms with Crippen molar-refractivity contribution in [3.8, 4) is 107 Å². The van der Waals surface area contributed by atoms with Crippen molar-refractivity contribution >= 4 is 0 Å². The van der Waals surface area contributed by atoms with Crippen molar-refractivity contribution in [1.82, 2.24) is 24.9 Å². The molecule has 0 aliphatic heterocycles. The number of fused-ring (bicyclic) bond motifs is 3. The van der Waals surface area contributed by atoms with E-state index in [-0.39, 0.29) is 5.41 Å². The van der Waals surface area contributed by atoms with E-state index in [1.54, 1.807) is 12.4 Å². The Morgan fingerprint density at radius 1 is 0.369 bits per heavy atom. The smallest absolute Gasteiger partial charge is 0.160 e. The molecule has 0 saturated heterocycles. The summed E-state index contributed by atoms with van der Waals surface area (Å²) in [6.45, 7) is 4.50. The Morgan fingerprint density at radius 3 is 1.46 bits per heavy atom. The van der Waals surface area contributed by atoms with E-state index >= 15 is 0 Å². The van der Waals surface area contributed by atoms with Gasteiger partial charge >= 0.3 is 0 Å². The third kappa shape index (κ3) is 7.45. The van der Waals surface area contributed by atoms with Gasteiger partial charge in [-0.15, -0.1) is 0 Å². The fraction of sp³-hybridized carbons (Fsp3) is 0.0508. The maximum atomic E-state index is 9.80. The molecule has 4 aromatic heterocycles. The van der Waals surface area contributed by atoms with Crippen LogP contribution in [-0.4, -0.2) is 24.9 Å². The van der Waals surface area contributed by atoms with Crippen LogP contribution in [0.4, 0.5) is 0 Å². The quantitative estimate of drug-likeness (QED) is 0.151. The lowest BCUT2D eigenvalue weighted by atomic mass is 9.81. The predicted octanol–water partition coefficient (Wildman–Crippen LogP) is 14.2. The number of pyridine rings is 3. The summed E-state index contributed by atoms with van der Waals surface area (Å²) in [5.74, 6) is 0.646. The van der Waals surface area contributed by atoms with E-state index in [0.29, 0.717) is 11.4 Å². The molecule has 0 bridgehead atoms. The number of nitriles is 1. The molecule has 11 rings (SSSR count). The van der Waals surface area contributed by atoms with Gasteiger partial charge in [-0.3, -0.25) is 9.97 Å². The van der Waals surface area contributed by atoms with E-state index in [9.17, 15) is 5.26 Å². The average Bonchev–Trinajstić information content (AvgIpc) is 3.61. The van der Waals surface area contributed by atoms with E-state index in [4.69, 9.17) is 15.0 Å². The first-order valence-corrected chi connectivity index (χ1v) is 21.7. The average molecular weight is 833 g/mol. The van der Waals surface area contributed by atoms with Gasteiger partial charge in [0.2, 0.25) is 0 Å². The highest BCUT2D eigenvalue weighted by Crippen LogP contribution is 2.50. The standard InChI is InChI=1S/C59H40N6/c1-59(2)52-27-38(35-60)17-23-50(52)51-24-22-43(31-53(51)59)46-28-47(48-32-54(44-15-9-25-61-36-44)63-55(33-48)45-16-10-26-62-37-45)30-49(29-46)57-34-56(64-58(65-57)42-13-7-4-8-14-42)41-20-18-40(19-21-41)39-11-5-3-6-12-39/h3-34,36-37H,1-2H3. The van der Waals surface area contributed by atoms with Crippen LogP contribution in [0.3, 0.4) is 0 Å². The fourth-order valence-corrected chi connectivity index (χ4v) is 9.04. The minimum Gasteiger partial charge on any atom is -0.264 e. The number of rotatable bonds is 8. The predicted molar refractivity (Wildman–Crippen MR) is 261 cm³/mol. The van der Waals surface area contributed by atoms with Gasteiger partial charge in [0.1, 0.15) is 0 Å². The molecule has 0 fully saturated rings. The molecule has 0 amide bonds. The second kappa shape index (κ2) is 16.2. The summed E-state index contributed by atoms with van der Waals surface area (Å²) >= 11 is 0. The second-order valence-electron chi connectivity index (χ2n) is 16.9. The van der Waals surface area contributed by atoms with Crippen LogP contribution in [0.1, 0.15) is 30.5 Å².